The SMILES string of the molecule is CC(C)[C@H](NS(=O)(=O)c1ccc(Cl)cc1)C(=O)O[C@@H](C)C(N)=O. The van der Waals surface area contributed by atoms with Gasteiger partial charge in [0.2, 0.25) is 10.0 Å². The molecule has 0 spiro atoms. The van der Waals surface area contributed by atoms with Gasteiger partial charge in [-0.2, -0.15) is 4.72 Å². The molecule has 0 bridgehead atoms. The number of rotatable bonds is 7. The van der Waals surface area contributed by atoms with Crippen LogP contribution in [0.2, 0.25) is 5.02 Å². The first-order chi connectivity index (χ1) is 10.5. The Labute approximate surface area is 140 Å². The van der Waals surface area contributed by atoms with E-state index < -0.39 is 40.0 Å². The maximum Gasteiger partial charge on any atom is 0.325 e. The molecule has 1 rings (SSSR count). The number of esters is 1. The summed E-state index contributed by atoms with van der Waals surface area (Å²) in [4.78, 5) is 23.0. The molecular weight excluding hydrogens is 344 g/mol. The Morgan fingerprint density at radius 2 is 1.70 bits per heavy atom. The molecule has 128 valence electrons. The number of carbonyl (C=O) groups excluding carboxylic acids is 2. The molecule has 0 radical (unpaired) electrons. The van der Waals surface area contributed by atoms with Crippen molar-refractivity contribution in [2.75, 3.05) is 0 Å². The van der Waals surface area contributed by atoms with Crippen molar-refractivity contribution in [3.8, 4) is 0 Å². The second kappa shape index (κ2) is 7.76. The highest BCUT2D eigenvalue weighted by Crippen LogP contribution is 2.16. The van der Waals surface area contributed by atoms with E-state index in [1.54, 1.807) is 13.8 Å². The van der Waals surface area contributed by atoms with Crippen LogP contribution < -0.4 is 10.5 Å². The summed E-state index contributed by atoms with van der Waals surface area (Å²) in [6.07, 6.45) is -1.15. The van der Waals surface area contributed by atoms with E-state index in [0.717, 1.165) is 0 Å². The minimum atomic E-state index is -3.95. The largest absolute Gasteiger partial charge is 0.451 e. The van der Waals surface area contributed by atoms with E-state index in [1.165, 1.54) is 31.2 Å². The quantitative estimate of drug-likeness (QED) is 0.703. The van der Waals surface area contributed by atoms with Crippen LogP contribution in [0.5, 0.6) is 0 Å². The number of hydrogen-bond donors (Lipinski definition) is 2. The zero-order valence-corrected chi connectivity index (χ0v) is 14.5. The molecule has 7 nitrogen and oxygen atoms in total. The van der Waals surface area contributed by atoms with Crippen molar-refractivity contribution in [2.24, 2.45) is 11.7 Å². The summed E-state index contributed by atoms with van der Waals surface area (Å²) in [5.74, 6) is -2.09. The molecule has 0 aliphatic carbocycles. The smallest absolute Gasteiger partial charge is 0.325 e. The molecule has 1 aromatic carbocycles. The van der Waals surface area contributed by atoms with E-state index in [9.17, 15) is 18.0 Å². The summed E-state index contributed by atoms with van der Waals surface area (Å²) in [6, 6.07) is 4.33. The molecule has 1 amide bonds. The van der Waals surface area contributed by atoms with Gasteiger partial charge < -0.3 is 10.5 Å². The van der Waals surface area contributed by atoms with Crippen LogP contribution in [0, 0.1) is 5.92 Å². The summed E-state index contributed by atoms with van der Waals surface area (Å²) >= 11 is 5.72. The van der Waals surface area contributed by atoms with Crippen molar-refractivity contribution in [2.45, 2.75) is 37.8 Å². The number of nitrogens with one attached hydrogen (secondary N) is 1. The molecule has 0 unspecified atom stereocenters. The van der Waals surface area contributed by atoms with Crippen LogP contribution in [0.3, 0.4) is 0 Å². The van der Waals surface area contributed by atoms with Gasteiger partial charge in [-0.15, -0.1) is 0 Å². The molecule has 9 heteroatoms. The number of primary amides is 1. The van der Waals surface area contributed by atoms with Gasteiger partial charge in [-0.05, 0) is 37.1 Å². The van der Waals surface area contributed by atoms with Gasteiger partial charge in [-0.3, -0.25) is 9.59 Å². The molecule has 3 N–H and O–H groups in total. The average Bonchev–Trinajstić information content (AvgIpc) is 2.44. The zero-order valence-electron chi connectivity index (χ0n) is 12.9. The molecule has 0 heterocycles. The third-order valence-electron chi connectivity index (χ3n) is 3.02. The van der Waals surface area contributed by atoms with E-state index in [1.807, 2.05) is 0 Å². The summed E-state index contributed by atoms with van der Waals surface area (Å²) < 4.78 is 31.8. The third-order valence-corrected chi connectivity index (χ3v) is 4.73. The van der Waals surface area contributed by atoms with Crippen molar-refractivity contribution < 1.29 is 22.7 Å². The summed E-state index contributed by atoms with van der Waals surface area (Å²) in [5, 5.41) is 0.388. The first-order valence-electron chi connectivity index (χ1n) is 6.82. The predicted molar refractivity (Wildman–Crippen MR) is 85.1 cm³/mol. The lowest BCUT2D eigenvalue weighted by Crippen LogP contribution is -2.47. The first kappa shape index (κ1) is 19.4. The highest BCUT2D eigenvalue weighted by Gasteiger charge is 2.31. The summed E-state index contributed by atoms with van der Waals surface area (Å²) in [6.45, 7) is 4.60. The van der Waals surface area contributed by atoms with E-state index in [0.29, 0.717) is 5.02 Å². The van der Waals surface area contributed by atoms with Crippen molar-refractivity contribution in [1.82, 2.24) is 4.72 Å². The van der Waals surface area contributed by atoms with Gasteiger partial charge >= 0.3 is 5.97 Å². The molecule has 23 heavy (non-hydrogen) atoms. The van der Waals surface area contributed by atoms with Crippen LogP contribution >= 0.6 is 11.6 Å². The molecule has 2 atom stereocenters. The van der Waals surface area contributed by atoms with Crippen LogP contribution in [-0.4, -0.2) is 32.4 Å². The van der Waals surface area contributed by atoms with E-state index in [2.05, 4.69) is 4.72 Å². The Balaban J connectivity index is 2.97. The molecule has 1 aromatic rings. The van der Waals surface area contributed by atoms with Gasteiger partial charge in [0.1, 0.15) is 6.04 Å². The van der Waals surface area contributed by atoms with E-state index >= 15 is 0 Å². The fraction of sp³-hybridized carbons (Fsp3) is 0.429. The molecule has 0 saturated heterocycles. The molecule has 0 fully saturated rings. The summed E-state index contributed by atoms with van der Waals surface area (Å²) in [5.41, 5.74) is 5.03. The van der Waals surface area contributed by atoms with Crippen LogP contribution in [-0.2, 0) is 24.3 Å². The minimum absolute atomic E-state index is 0.0386. The fourth-order valence-corrected chi connectivity index (χ4v) is 3.07. The predicted octanol–water partition coefficient (Wildman–Crippen LogP) is 1.06. The standard InChI is InChI=1S/C14H19ClN2O5S/c1-8(2)12(14(19)22-9(3)13(16)18)17-23(20,21)11-6-4-10(15)5-7-11/h4-9,12,17H,1-3H3,(H2,16,18)/t9-,12-/m0/s1. The topological polar surface area (TPSA) is 116 Å². The number of nitrogens with two attached hydrogens (primary N) is 1. The Bertz CT molecular complexity index is 673. The molecule has 0 saturated carbocycles. The lowest BCUT2D eigenvalue weighted by Gasteiger charge is -2.22. The van der Waals surface area contributed by atoms with Gasteiger partial charge in [0, 0.05) is 5.02 Å². The molecule has 0 aliphatic heterocycles. The number of halogens is 1. The van der Waals surface area contributed by atoms with Crippen LogP contribution in [0.4, 0.5) is 0 Å². The highest BCUT2D eigenvalue weighted by molar-refractivity contribution is 7.89. The van der Waals surface area contributed by atoms with Gasteiger partial charge in [-0.25, -0.2) is 8.42 Å². The number of ether oxygens (including phenoxy) is 1. The Hall–Kier alpha value is -1.64. The maximum absolute atomic E-state index is 12.3. The summed E-state index contributed by atoms with van der Waals surface area (Å²) in [7, 11) is -3.95. The zero-order chi connectivity index (χ0) is 17.8. The number of amides is 1. The van der Waals surface area contributed by atoms with E-state index in [4.69, 9.17) is 22.1 Å². The van der Waals surface area contributed by atoms with Gasteiger partial charge in [0.05, 0.1) is 4.90 Å². The van der Waals surface area contributed by atoms with Gasteiger partial charge in [-0.1, -0.05) is 25.4 Å². The number of sulfonamides is 1. The second-order valence-corrected chi connectivity index (χ2v) is 7.43. The Morgan fingerprint density at radius 1 is 1.17 bits per heavy atom. The maximum atomic E-state index is 12.3. The normalized spacial score (nSPS) is 14.3. The van der Waals surface area contributed by atoms with Crippen LogP contribution in [0.25, 0.3) is 0 Å². The number of carbonyl (C=O) groups is 2. The van der Waals surface area contributed by atoms with Crippen molar-refractivity contribution in [1.29, 1.82) is 0 Å². The third kappa shape index (κ3) is 5.49. The molecular formula is C14H19ClN2O5S. The molecule has 0 aromatic heterocycles. The minimum Gasteiger partial charge on any atom is -0.451 e. The van der Waals surface area contributed by atoms with Gasteiger partial charge in [0.25, 0.3) is 5.91 Å². The van der Waals surface area contributed by atoms with E-state index in [-0.39, 0.29) is 4.90 Å². The van der Waals surface area contributed by atoms with Crippen LogP contribution in [0.1, 0.15) is 20.8 Å². The van der Waals surface area contributed by atoms with Gasteiger partial charge in [0.15, 0.2) is 6.10 Å². The number of benzene rings is 1. The van der Waals surface area contributed by atoms with Crippen molar-refractivity contribution >= 4 is 33.5 Å². The lowest BCUT2D eigenvalue weighted by atomic mass is 10.1. The van der Waals surface area contributed by atoms with Crippen molar-refractivity contribution in [3.63, 3.8) is 0 Å². The number of hydrogen-bond acceptors (Lipinski definition) is 5. The van der Waals surface area contributed by atoms with Crippen LogP contribution in [0.15, 0.2) is 29.2 Å². The highest BCUT2D eigenvalue weighted by atomic mass is 35.5. The monoisotopic (exact) mass is 362 g/mol. The first-order valence-corrected chi connectivity index (χ1v) is 8.68. The lowest BCUT2D eigenvalue weighted by molar-refractivity contribution is -0.156. The Morgan fingerprint density at radius 3 is 2.13 bits per heavy atom. The average molecular weight is 363 g/mol. The van der Waals surface area contributed by atoms with Crippen molar-refractivity contribution in [3.05, 3.63) is 29.3 Å². The second-order valence-electron chi connectivity index (χ2n) is 5.28. The fourth-order valence-electron chi connectivity index (χ4n) is 1.61. The molecule has 0 aliphatic rings. The Kier molecular flexibility index (Phi) is 6.55.